The third-order valence-corrected chi connectivity index (χ3v) is 2.82. The number of amides is 1. The van der Waals surface area contributed by atoms with E-state index in [0.717, 1.165) is 22.9 Å². The molecule has 1 aromatic carbocycles. The van der Waals surface area contributed by atoms with E-state index >= 15 is 0 Å². The van der Waals surface area contributed by atoms with Crippen molar-refractivity contribution in [1.29, 1.82) is 0 Å². The largest absolute Gasteiger partial charge is 0.342 e. The molecule has 0 atom stereocenters. The van der Waals surface area contributed by atoms with E-state index in [4.69, 9.17) is 0 Å². The SMILES string of the molecule is CC(=O)Nc1cccc(-n2ccnc2-c2cnc[nH]2)c1. The highest BCUT2D eigenvalue weighted by atomic mass is 16.1. The van der Waals surface area contributed by atoms with Gasteiger partial charge in [-0.2, -0.15) is 0 Å². The van der Waals surface area contributed by atoms with E-state index in [1.54, 1.807) is 18.7 Å². The lowest BCUT2D eigenvalue weighted by Gasteiger charge is -2.09. The Hall–Kier alpha value is -2.89. The number of anilines is 1. The van der Waals surface area contributed by atoms with E-state index in [9.17, 15) is 4.79 Å². The second-order valence-electron chi connectivity index (χ2n) is 4.32. The minimum atomic E-state index is -0.0958. The summed E-state index contributed by atoms with van der Waals surface area (Å²) in [7, 11) is 0. The lowest BCUT2D eigenvalue weighted by atomic mass is 10.2. The number of carbonyl (C=O) groups is 1. The highest BCUT2D eigenvalue weighted by molar-refractivity contribution is 5.88. The quantitative estimate of drug-likeness (QED) is 0.764. The molecule has 0 aliphatic carbocycles. The van der Waals surface area contributed by atoms with E-state index in [1.165, 1.54) is 6.92 Å². The van der Waals surface area contributed by atoms with Crippen LogP contribution in [0.1, 0.15) is 6.92 Å². The maximum Gasteiger partial charge on any atom is 0.221 e. The Bertz CT molecular complexity index is 730. The van der Waals surface area contributed by atoms with E-state index < -0.39 is 0 Å². The lowest BCUT2D eigenvalue weighted by Crippen LogP contribution is -2.06. The molecule has 0 saturated carbocycles. The molecule has 1 amide bonds. The van der Waals surface area contributed by atoms with Gasteiger partial charge in [-0.3, -0.25) is 9.36 Å². The van der Waals surface area contributed by atoms with Crippen molar-refractivity contribution >= 4 is 11.6 Å². The number of hydrogen-bond acceptors (Lipinski definition) is 3. The minimum Gasteiger partial charge on any atom is -0.342 e. The summed E-state index contributed by atoms with van der Waals surface area (Å²) in [5, 5.41) is 2.77. The van der Waals surface area contributed by atoms with Gasteiger partial charge < -0.3 is 10.3 Å². The Morgan fingerprint density at radius 1 is 1.40 bits per heavy atom. The smallest absolute Gasteiger partial charge is 0.221 e. The molecule has 2 heterocycles. The van der Waals surface area contributed by atoms with Crippen molar-refractivity contribution in [2.45, 2.75) is 6.92 Å². The molecule has 0 saturated heterocycles. The average Bonchev–Trinajstić information content (AvgIpc) is 3.09. The Balaban J connectivity index is 2.02. The molecular formula is C14H13N5O. The molecule has 0 bridgehead atoms. The summed E-state index contributed by atoms with van der Waals surface area (Å²) in [4.78, 5) is 22.5. The van der Waals surface area contributed by atoms with E-state index in [-0.39, 0.29) is 5.91 Å². The van der Waals surface area contributed by atoms with Crippen LogP contribution in [0.5, 0.6) is 0 Å². The van der Waals surface area contributed by atoms with Gasteiger partial charge in [-0.1, -0.05) is 6.07 Å². The van der Waals surface area contributed by atoms with Crippen molar-refractivity contribution in [2.75, 3.05) is 5.32 Å². The number of aromatic nitrogens is 4. The van der Waals surface area contributed by atoms with Gasteiger partial charge in [-0.15, -0.1) is 0 Å². The predicted octanol–water partition coefficient (Wildman–Crippen LogP) is 2.22. The first kappa shape index (κ1) is 12.2. The molecule has 6 nitrogen and oxygen atoms in total. The Morgan fingerprint density at radius 3 is 3.05 bits per heavy atom. The fraction of sp³-hybridized carbons (Fsp3) is 0.0714. The van der Waals surface area contributed by atoms with Gasteiger partial charge in [0.25, 0.3) is 0 Å². The molecule has 0 aliphatic heterocycles. The number of hydrogen-bond donors (Lipinski definition) is 2. The van der Waals surface area contributed by atoms with Crippen LogP contribution in [0.25, 0.3) is 17.2 Å². The molecular weight excluding hydrogens is 254 g/mol. The molecule has 2 N–H and O–H groups in total. The normalized spacial score (nSPS) is 10.4. The number of carbonyl (C=O) groups excluding carboxylic acids is 1. The number of H-pyrrole nitrogens is 1. The van der Waals surface area contributed by atoms with E-state index in [1.807, 2.05) is 35.0 Å². The maximum absolute atomic E-state index is 11.1. The van der Waals surface area contributed by atoms with Crippen molar-refractivity contribution < 1.29 is 4.79 Å². The average molecular weight is 267 g/mol. The standard InChI is InChI=1S/C14H13N5O/c1-10(20)18-11-3-2-4-12(7-11)19-6-5-16-14(19)13-8-15-9-17-13/h2-9H,1H3,(H,15,17)(H,18,20). The van der Waals surface area contributed by atoms with Gasteiger partial charge in [0.1, 0.15) is 5.69 Å². The monoisotopic (exact) mass is 267 g/mol. The summed E-state index contributed by atoms with van der Waals surface area (Å²) in [6, 6.07) is 7.57. The second kappa shape index (κ2) is 5.00. The maximum atomic E-state index is 11.1. The number of rotatable bonds is 3. The molecule has 0 spiro atoms. The number of nitrogens with zero attached hydrogens (tertiary/aromatic N) is 3. The predicted molar refractivity (Wildman–Crippen MR) is 75.4 cm³/mol. The Labute approximate surface area is 115 Å². The molecule has 2 aromatic heterocycles. The number of benzene rings is 1. The molecule has 6 heteroatoms. The zero-order valence-electron chi connectivity index (χ0n) is 10.9. The van der Waals surface area contributed by atoms with Crippen LogP contribution in [0.15, 0.2) is 49.2 Å². The first-order valence-electron chi connectivity index (χ1n) is 6.14. The first-order valence-corrected chi connectivity index (χ1v) is 6.14. The van der Waals surface area contributed by atoms with Crippen LogP contribution in [0, 0.1) is 0 Å². The Kier molecular flexibility index (Phi) is 3.04. The highest BCUT2D eigenvalue weighted by Gasteiger charge is 2.09. The fourth-order valence-corrected chi connectivity index (χ4v) is 2.03. The van der Waals surface area contributed by atoms with Crippen molar-refractivity contribution in [2.24, 2.45) is 0 Å². The summed E-state index contributed by atoms with van der Waals surface area (Å²) < 4.78 is 1.93. The molecule has 20 heavy (non-hydrogen) atoms. The fourth-order valence-electron chi connectivity index (χ4n) is 2.03. The lowest BCUT2D eigenvalue weighted by molar-refractivity contribution is -0.114. The van der Waals surface area contributed by atoms with Gasteiger partial charge in [0.2, 0.25) is 5.91 Å². The van der Waals surface area contributed by atoms with Gasteiger partial charge in [-0.05, 0) is 18.2 Å². The van der Waals surface area contributed by atoms with Gasteiger partial charge >= 0.3 is 0 Å². The van der Waals surface area contributed by atoms with Crippen molar-refractivity contribution in [3.63, 3.8) is 0 Å². The van der Waals surface area contributed by atoms with Gasteiger partial charge in [-0.25, -0.2) is 9.97 Å². The zero-order chi connectivity index (χ0) is 13.9. The van der Waals surface area contributed by atoms with Crippen LogP contribution in [0.4, 0.5) is 5.69 Å². The van der Waals surface area contributed by atoms with Gasteiger partial charge in [0.15, 0.2) is 5.82 Å². The third-order valence-electron chi connectivity index (χ3n) is 2.82. The topological polar surface area (TPSA) is 75.6 Å². The van der Waals surface area contributed by atoms with Crippen molar-refractivity contribution in [3.8, 4) is 17.2 Å². The van der Waals surface area contributed by atoms with Gasteiger partial charge in [0, 0.05) is 30.7 Å². The molecule has 3 rings (SSSR count). The summed E-state index contributed by atoms with van der Waals surface area (Å²) in [6.45, 7) is 1.49. The van der Waals surface area contributed by atoms with Crippen LogP contribution < -0.4 is 5.32 Å². The van der Waals surface area contributed by atoms with Crippen LogP contribution in [-0.4, -0.2) is 25.4 Å². The van der Waals surface area contributed by atoms with Crippen LogP contribution in [0.2, 0.25) is 0 Å². The Morgan fingerprint density at radius 2 is 2.30 bits per heavy atom. The molecule has 0 radical (unpaired) electrons. The third kappa shape index (κ3) is 2.31. The molecule has 0 aliphatic rings. The number of nitrogens with one attached hydrogen (secondary N) is 2. The van der Waals surface area contributed by atoms with Crippen LogP contribution in [0.3, 0.4) is 0 Å². The summed E-state index contributed by atoms with van der Waals surface area (Å²) >= 11 is 0. The van der Waals surface area contributed by atoms with E-state index in [0.29, 0.717) is 0 Å². The van der Waals surface area contributed by atoms with Crippen molar-refractivity contribution in [1.82, 2.24) is 19.5 Å². The van der Waals surface area contributed by atoms with Crippen molar-refractivity contribution in [3.05, 3.63) is 49.2 Å². The van der Waals surface area contributed by atoms with E-state index in [2.05, 4.69) is 20.3 Å². The summed E-state index contributed by atoms with van der Waals surface area (Å²) in [5.41, 5.74) is 2.50. The second-order valence-corrected chi connectivity index (χ2v) is 4.32. The zero-order valence-corrected chi connectivity index (χ0v) is 10.9. The summed E-state index contributed by atoms with van der Waals surface area (Å²) in [6.07, 6.45) is 6.92. The highest BCUT2D eigenvalue weighted by Crippen LogP contribution is 2.21. The number of imidazole rings is 2. The minimum absolute atomic E-state index is 0.0958. The summed E-state index contributed by atoms with van der Waals surface area (Å²) in [5.74, 6) is 0.670. The first-order chi connectivity index (χ1) is 9.74. The molecule has 3 aromatic rings. The van der Waals surface area contributed by atoms with Gasteiger partial charge in [0.05, 0.1) is 12.5 Å². The number of aromatic amines is 1. The molecule has 0 unspecified atom stereocenters. The molecule has 100 valence electrons. The van der Waals surface area contributed by atoms with Crippen LogP contribution >= 0.6 is 0 Å². The van der Waals surface area contributed by atoms with Crippen LogP contribution in [-0.2, 0) is 4.79 Å². The molecule has 0 fully saturated rings.